The van der Waals surface area contributed by atoms with Crippen LogP contribution in [0.1, 0.15) is 15.9 Å². The highest BCUT2D eigenvalue weighted by Crippen LogP contribution is 2.38. The van der Waals surface area contributed by atoms with Gasteiger partial charge in [-0.3, -0.25) is 4.79 Å². The first kappa shape index (κ1) is 16.8. The molecule has 26 heavy (non-hydrogen) atoms. The van der Waals surface area contributed by atoms with E-state index in [9.17, 15) is 9.18 Å². The van der Waals surface area contributed by atoms with Crippen molar-refractivity contribution in [1.82, 2.24) is 15.0 Å². The molecule has 2 aromatic heterocycles. The number of methoxy groups -OCH3 is 1. The smallest absolute Gasteiger partial charge is 0.232 e. The second-order valence-electron chi connectivity index (χ2n) is 5.67. The lowest BCUT2D eigenvalue weighted by Crippen LogP contribution is -1.93. The molecule has 0 N–H and O–H groups in total. The van der Waals surface area contributed by atoms with E-state index in [1.165, 1.54) is 30.7 Å². The molecule has 2 heterocycles. The van der Waals surface area contributed by atoms with Crippen LogP contribution in [0.3, 0.4) is 0 Å². The molecule has 4 rings (SSSR count). The summed E-state index contributed by atoms with van der Waals surface area (Å²) in [4.78, 5) is 24.4. The summed E-state index contributed by atoms with van der Waals surface area (Å²) in [5.41, 5.74) is 3.30. The Bertz CT molecular complexity index is 1190. The van der Waals surface area contributed by atoms with Gasteiger partial charge < -0.3 is 4.74 Å². The van der Waals surface area contributed by atoms with Crippen LogP contribution in [-0.2, 0) is 0 Å². The number of carbonyl (C=O) groups excluding carboxylic acids is 1. The van der Waals surface area contributed by atoms with E-state index < -0.39 is 5.82 Å². The molecule has 0 saturated heterocycles. The number of aromatic nitrogens is 3. The first-order chi connectivity index (χ1) is 12.5. The van der Waals surface area contributed by atoms with Gasteiger partial charge in [0.15, 0.2) is 12.1 Å². The Balaban J connectivity index is 2.01. The van der Waals surface area contributed by atoms with Gasteiger partial charge in [-0.15, -0.1) is 11.3 Å². The summed E-state index contributed by atoms with van der Waals surface area (Å²) < 4.78 is 19.9. The number of benzene rings is 2. The number of carbonyl (C=O) groups is 1. The normalized spacial score (nSPS) is 11.2. The largest absolute Gasteiger partial charge is 0.480 e. The molecule has 0 fully saturated rings. The van der Waals surface area contributed by atoms with Crippen LogP contribution in [0.5, 0.6) is 5.88 Å². The number of halogens is 2. The number of hydrogen-bond acceptors (Lipinski definition) is 6. The van der Waals surface area contributed by atoms with Crippen molar-refractivity contribution in [2.45, 2.75) is 6.92 Å². The number of aryl methyl sites for hydroxylation is 1. The molecular formula is C18H11ClFN3O2S. The summed E-state index contributed by atoms with van der Waals surface area (Å²) in [6.07, 6.45) is 1.98. The Kier molecular flexibility index (Phi) is 4.05. The van der Waals surface area contributed by atoms with Gasteiger partial charge >= 0.3 is 0 Å². The molecule has 0 bridgehead atoms. The molecule has 0 aliphatic carbocycles. The molecule has 8 heteroatoms. The van der Waals surface area contributed by atoms with Gasteiger partial charge in [-0.25, -0.2) is 19.3 Å². The lowest BCUT2D eigenvalue weighted by Gasteiger charge is -2.06. The Morgan fingerprint density at radius 2 is 2.04 bits per heavy atom. The van der Waals surface area contributed by atoms with Gasteiger partial charge in [0.1, 0.15) is 15.5 Å². The standard InChI is InChI=1S/C18H11ClFN3O2S/c1-8-3-10(16-11(4-8)22-13(25-2)6-21-16)18-23-17-12(26-18)5-9(7-24)15(20)14(17)19/h3-7H,1-2H3. The summed E-state index contributed by atoms with van der Waals surface area (Å²) in [5.74, 6) is -0.344. The SMILES string of the molecule is COc1cnc2c(-c3nc4c(Cl)c(F)c(C=O)cc4s3)cc(C)cc2n1. The third-order valence-corrected chi connectivity index (χ3v) is 5.31. The molecule has 0 aliphatic heterocycles. The predicted octanol–water partition coefficient (Wildman–Crippen LogP) is 4.83. The van der Waals surface area contributed by atoms with Gasteiger partial charge in [-0.05, 0) is 30.7 Å². The topological polar surface area (TPSA) is 65.0 Å². The van der Waals surface area contributed by atoms with E-state index in [-0.39, 0.29) is 10.6 Å². The number of nitrogens with zero attached hydrogens (tertiary/aromatic N) is 3. The quantitative estimate of drug-likeness (QED) is 0.471. The average Bonchev–Trinajstić information content (AvgIpc) is 3.07. The van der Waals surface area contributed by atoms with Crippen LogP contribution in [0.4, 0.5) is 4.39 Å². The molecule has 130 valence electrons. The van der Waals surface area contributed by atoms with E-state index in [0.717, 1.165) is 11.1 Å². The fraction of sp³-hybridized carbons (Fsp3) is 0.111. The van der Waals surface area contributed by atoms with E-state index in [1.807, 2.05) is 19.1 Å². The minimum atomic E-state index is -0.760. The number of fused-ring (bicyclic) bond motifs is 2. The molecule has 0 unspecified atom stereocenters. The highest BCUT2D eigenvalue weighted by Gasteiger charge is 2.18. The van der Waals surface area contributed by atoms with Gasteiger partial charge in [0.25, 0.3) is 0 Å². The van der Waals surface area contributed by atoms with Gasteiger partial charge in [0.05, 0.1) is 34.6 Å². The minimum absolute atomic E-state index is 0.0867. The van der Waals surface area contributed by atoms with Crippen molar-refractivity contribution >= 4 is 50.5 Å². The van der Waals surface area contributed by atoms with Crippen molar-refractivity contribution in [2.24, 2.45) is 0 Å². The number of hydrogen-bond donors (Lipinski definition) is 0. The third kappa shape index (κ3) is 2.60. The molecule has 0 atom stereocenters. The molecular weight excluding hydrogens is 377 g/mol. The van der Waals surface area contributed by atoms with Crippen LogP contribution in [0.15, 0.2) is 24.4 Å². The minimum Gasteiger partial charge on any atom is -0.480 e. The molecule has 0 aliphatic rings. The zero-order valence-electron chi connectivity index (χ0n) is 13.7. The number of aldehydes is 1. The Hall–Kier alpha value is -2.64. The Morgan fingerprint density at radius 1 is 1.23 bits per heavy atom. The summed E-state index contributed by atoms with van der Waals surface area (Å²) >= 11 is 7.38. The lowest BCUT2D eigenvalue weighted by molar-refractivity contribution is 0.112. The molecule has 5 nitrogen and oxygen atoms in total. The van der Waals surface area contributed by atoms with Crippen LogP contribution < -0.4 is 4.74 Å². The van der Waals surface area contributed by atoms with Crippen LogP contribution in [0.2, 0.25) is 5.02 Å². The van der Waals surface area contributed by atoms with Gasteiger partial charge in [0.2, 0.25) is 5.88 Å². The number of thiazole rings is 1. The zero-order chi connectivity index (χ0) is 18.4. The fourth-order valence-corrected chi connectivity index (χ4v) is 4.08. The van der Waals surface area contributed by atoms with Crippen molar-refractivity contribution in [2.75, 3.05) is 7.11 Å². The molecule has 0 spiro atoms. The molecule has 0 amide bonds. The van der Waals surface area contributed by atoms with E-state index in [1.54, 1.807) is 0 Å². The van der Waals surface area contributed by atoms with Crippen LogP contribution in [0, 0.1) is 12.7 Å². The summed E-state index contributed by atoms with van der Waals surface area (Å²) in [5, 5.41) is 0.467. The van der Waals surface area contributed by atoms with Gasteiger partial charge in [0, 0.05) is 5.56 Å². The maximum Gasteiger partial charge on any atom is 0.232 e. The highest BCUT2D eigenvalue weighted by atomic mass is 35.5. The maximum atomic E-state index is 14.1. The number of ether oxygens (including phenoxy) is 1. The monoisotopic (exact) mass is 387 g/mol. The summed E-state index contributed by atoms with van der Waals surface area (Å²) in [7, 11) is 1.53. The number of rotatable bonds is 3. The molecule has 0 radical (unpaired) electrons. The zero-order valence-corrected chi connectivity index (χ0v) is 15.3. The van der Waals surface area contributed by atoms with Crippen LogP contribution in [-0.4, -0.2) is 28.3 Å². The average molecular weight is 388 g/mol. The van der Waals surface area contributed by atoms with Crippen molar-refractivity contribution in [1.29, 1.82) is 0 Å². The van der Waals surface area contributed by atoms with Crippen molar-refractivity contribution in [3.8, 4) is 16.5 Å². The van der Waals surface area contributed by atoms with Gasteiger partial charge in [-0.2, -0.15) is 0 Å². The Labute approximate surface area is 156 Å². The molecule has 2 aromatic carbocycles. The van der Waals surface area contributed by atoms with E-state index >= 15 is 0 Å². The van der Waals surface area contributed by atoms with E-state index in [2.05, 4.69) is 15.0 Å². The van der Waals surface area contributed by atoms with Gasteiger partial charge in [-0.1, -0.05) is 11.6 Å². The molecule has 4 aromatic rings. The second kappa shape index (κ2) is 6.26. The van der Waals surface area contributed by atoms with E-state index in [4.69, 9.17) is 16.3 Å². The Morgan fingerprint density at radius 3 is 2.77 bits per heavy atom. The van der Waals surface area contributed by atoms with Crippen molar-refractivity contribution in [3.05, 3.63) is 46.4 Å². The first-order valence-electron chi connectivity index (χ1n) is 7.57. The summed E-state index contributed by atoms with van der Waals surface area (Å²) in [6.45, 7) is 1.94. The van der Waals surface area contributed by atoms with Crippen molar-refractivity contribution in [3.63, 3.8) is 0 Å². The van der Waals surface area contributed by atoms with Crippen LogP contribution >= 0.6 is 22.9 Å². The first-order valence-corrected chi connectivity index (χ1v) is 8.76. The fourth-order valence-electron chi connectivity index (χ4n) is 2.73. The molecule has 0 saturated carbocycles. The third-order valence-electron chi connectivity index (χ3n) is 3.93. The van der Waals surface area contributed by atoms with Crippen LogP contribution in [0.25, 0.3) is 31.8 Å². The second-order valence-corrected chi connectivity index (χ2v) is 7.08. The van der Waals surface area contributed by atoms with E-state index in [0.29, 0.717) is 38.4 Å². The van der Waals surface area contributed by atoms with Crippen molar-refractivity contribution < 1.29 is 13.9 Å². The maximum absolute atomic E-state index is 14.1. The highest BCUT2D eigenvalue weighted by molar-refractivity contribution is 7.21. The predicted molar refractivity (Wildman–Crippen MR) is 99.8 cm³/mol. The summed E-state index contributed by atoms with van der Waals surface area (Å²) in [6, 6.07) is 5.29. The lowest BCUT2D eigenvalue weighted by atomic mass is 10.1.